The fraction of sp³-hybridized carbons (Fsp3) is 0.227. The van der Waals surface area contributed by atoms with E-state index in [0.29, 0.717) is 5.56 Å². The van der Waals surface area contributed by atoms with Gasteiger partial charge in [-0.3, -0.25) is 4.79 Å². The Labute approximate surface area is 164 Å². The third-order valence-corrected chi connectivity index (χ3v) is 4.81. The van der Waals surface area contributed by atoms with Crippen LogP contribution in [-0.2, 0) is 4.74 Å². The summed E-state index contributed by atoms with van der Waals surface area (Å²) in [6.07, 6.45) is 0. The maximum absolute atomic E-state index is 12.4. The molecule has 4 rings (SSSR count). The monoisotopic (exact) mass is 374 g/mol. The number of ether oxygens (including phenoxy) is 1. The zero-order valence-electron chi connectivity index (χ0n) is 15.8. The minimum absolute atomic E-state index is 0.111. The van der Waals surface area contributed by atoms with Crippen molar-refractivity contribution in [3.8, 4) is 11.3 Å². The van der Waals surface area contributed by atoms with Crippen LogP contribution in [0.4, 0.5) is 11.5 Å². The van der Waals surface area contributed by atoms with Gasteiger partial charge in [-0.2, -0.15) is 0 Å². The van der Waals surface area contributed by atoms with Gasteiger partial charge in [0, 0.05) is 29.9 Å². The average Bonchev–Trinajstić information content (AvgIpc) is 2.75. The first-order valence-electron chi connectivity index (χ1n) is 9.34. The first-order valence-corrected chi connectivity index (χ1v) is 9.34. The van der Waals surface area contributed by atoms with Crippen LogP contribution in [0.3, 0.4) is 0 Å². The van der Waals surface area contributed by atoms with E-state index in [-0.39, 0.29) is 5.91 Å². The van der Waals surface area contributed by atoms with Crippen LogP contribution in [0.25, 0.3) is 11.3 Å². The van der Waals surface area contributed by atoms with Crippen LogP contribution >= 0.6 is 0 Å². The molecule has 1 aliphatic heterocycles. The van der Waals surface area contributed by atoms with Gasteiger partial charge < -0.3 is 15.0 Å². The molecule has 142 valence electrons. The van der Waals surface area contributed by atoms with E-state index in [9.17, 15) is 4.79 Å². The summed E-state index contributed by atoms with van der Waals surface area (Å²) < 4.78 is 5.37. The van der Waals surface area contributed by atoms with E-state index in [1.54, 1.807) is 0 Å². The topological polar surface area (TPSA) is 67.4 Å². The molecule has 3 aromatic rings. The Hall–Kier alpha value is -3.25. The number of amides is 1. The number of nitrogens with zero attached hydrogens (tertiary/aromatic N) is 3. The molecule has 1 N–H and O–H groups in total. The van der Waals surface area contributed by atoms with Gasteiger partial charge >= 0.3 is 0 Å². The smallest absolute Gasteiger partial charge is 0.255 e. The van der Waals surface area contributed by atoms with Crippen molar-refractivity contribution in [1.82, 2.24) is 10.2 Å². The molecule has 0 radical (unpaired) electrons. The van der Waals surface area contributed by atoms with Crippen molar-refractivity contribution in [2.24, 2.45) is 0 Å². The lowest BCUT2D eigenvalue weighted by Gasteiger charge is -2.27. The molecule has 1 aromatic heterocycles. The van der Waals surface area contributed by atoms with Gasteiger partial charge in [0.05, 0.1) is 18.9 Å². The summed E-state index contributed by atoms with van der Waals surface area (Å²) in [5.74, 6) is 0.759. The summed E-state index contributed by atoms with van der Waals surface area (Å²) in [6.45, 7) is 5.04. The Bertz CT molecular complexity index is 949. The first-order chi connectivity index (χ1) is 13.7. The molecule has 0 aliphatic carbocycles. The highest BCUT2D eigenvalue weighted by Crippen LogP contribution is 2.21. The molecule has 1 aliphatic rings. The summed E-state index contributed by atoms with van der Waals surface area (Å²) in [7, 11) is 0. The standard InChI is InChI=1S/C22H22N4O2/c1-16-4-2-3-5-19(16)22(27)23-18-8-6-17(7-9-18)20-10-11-21(25-24-20)26-12-14-28-15-13-26/h2-11H,12-15H2,1H3,(H,23,27). The summed E-state index contributed by atoms with van der Waals surface area (Å²) in [5.41, 5.74) is 4.13. The van der Waals surface area contributed by atoms with Gasteiger partial charge in [0.25, 0.3) is 5.91 Å². The number of morpholine rings is 1. The van der Waals surface area contributed by atoms with E-state index in [0.717, 1.165) is 54.6 Å². The molecule has 0 bridgehead atoms. The molecule has 6 heteroatoms. The fourth-order valence-electron chi connectivity index (χ4n) is 3.19. The van der Waals surface area contributed by atoms with Crippen molar-refractivity contribution in [1.29, 1.82) is 0 Å². The van der Waals surface area contributed by atoms with E-state index in [1.165, 1.54) is 0 Å². The van der Waals surface area contributed by atoms with Gasteiger partial charge in [-0.05, 0) is 42.8 Å². The highest BCUT2D eigenvalue weighted by molar-refractivity contribution is 6.05. The second kappa shape index (κ2) is 8.19. The second-order valence-corrected chi connectivity index (χ2v) is 6.72. The van der Waals surface area contributed by atoms with Crippen molar-refractivity contribution in [2.45, 2.75) is 6.92 Å². The molecule has 0 unspecified atom stereocenters. The van der Waals surface area contributed by atoms with E-state index in [4.69, 9.17) is 4.74 Å². The lowest BCUT2D eigenvalue weighted by Crippen LogP contribution is -2.36. The van der Waals surface area contributed by atoms with E-state index in [2.05, 4.69) is 20.4 Å². The lowest BCUT2D eigenvalue weighted by atomic mass is 10.1. The largest absolute Gasteiger partial charge is 0.378 e. The van der Waals surface area contributed by atoms with E-state index in [1.807, 2.05) is 67.6 Å². The minimum atomic E-state index is -0.111. The molecule has 1 amide bonds. The number of anilines is 2. The van der Waals surface area contributed by atoms with Crippen LogP contribution in [0.15, 0.2) is 60.7 Å². The van der Waals surface area contributed by atoms with Crippen molar-refractivity contribution in [3.63, 3.8) is 0 Å². The predicted octanol–water partition coefficient (Wildman–Crippen LogP) is 3.54. The quantitative estimate of drug-likeness (QED) is 0.757. The highest BCUT2D eigenvalue weighted by atomic mass is 16.5. The number of nitrogens with one attached hydrogen (secondary N) is 1. The molecule has 28 heavy (non-hydrogen) atoms. The minimum Gasteiger partial charge on any atom is -0.378 e. The number of benzene rings is 2. The summed E-state index contributed by atoms with van der Waals surface area (Å²) in [6, 6.07) is 19.1. The molecule has 1 fully saturated rings. The SMILES string of the molecule is Cc1ccccc1C(=O)Nc1ccc(-c2ccc(N3CCOCC3)nn2)cc1. The third-order valence-electron chi connectivity index (χ3n) is 4.81. The van der Waals surface area contributed by atoms with Crippen LogP contribution in [0.2, 0.25) is 0 Å². The molecule has 6 nitrogen and oxygen atoms in total. The number of hydrogen-bond donors (Lipinski definition) is 1. The number of carbonyl (C=O) groups is 1. The average molecular weight is 374 g/mol. The van der Waals surface area contributed by atoms with E-state index >= 15 is 0 Å². The Morgan fingerprint density at radius 3 is 2.39 bits per heavy atom. The van der Waals surface area contributed by atoms with Crippen LogP contribution < -0.4 is 10.2 Å². The second-order valence-electron chi connectivity index (χ2n) is 6.72. The summed E-state index contributed by atoms with van der Waals surface area (Å²) in [5, 5.41) is 11.6. The number of hydrogen-bond acceptors (Lipinski definition) is 5. The molecular formula is C22H22N4O2. The van der Waals surface area contributed by atoms with E-state index < -0.39 is 0 Å². The Kier molecular flexibility index (Phi) is 5.30. The fourth-order valence-corrected chi connectivity index (χ4v) is 3.19. The maximum Gasteiger partial charge on any atom is 0.255 e. The van der Waals surface area contributed by atoms with Gasteiger partial charge in [-0.1, -0.05) is 30.3 Å². The first kappa shape index (κ1) is 18.1. The van der Waals surface area contributed by atoms with Gasteiger partial charge in [0.15, 0.2) is 5.82 Å². The van der Waals surface area contributed by atoms with Gasteiger partial charge in [0.1, 0.15) is 0 Å². The van der Waals surface area contributed by atoms with Crippen LogP contribution in [-0.4, -0.2) is 42.4 Å². The van der Waals surface area contributed by atoms with Crippen molar-refractivity contribution in [3.05, 3.63) is 71.8 Å². The zero-order chi connectivity index (χ0) is 19.3. The Morgan fingerprint density at radius 2 is 1.71 bits per heavy atom. The lowest BCUT2D eigenvalue weighted by molar-refractivity contribution is 0.102. The Balaban J connectivity index is 1.44. The van der Waals surface area contributed by atoms with Crippen LogP contribution in [0.1, 0.15) is 15.9 Å². The van der Waals surface area contributed by atoms with Gasteiger partial charge in [0.2, 0.25) is 0 Å². The highest BCUT2D eigenvalue weighted by Gasteiger charge is 2.13. The molecule has 2 aromatic carbocycles. The molecule has 0 spiro atoms. The molecule has 2 heterocycles. The van der Waals surface area contributed by atoms with Crippen molar-refractivity contribution in [2.75, 3.05) is 36.5 Å². The zero-order valence-corrected chi connectivity index (χ0v) is 15.8. The van der Waals surface area contributed by atoms with Crippen LogP contribution in [0.5, 0.6) is 0 Å². The molecule has 1 saturated heterocycles. The number of rotatable bonds is 4. The number of aryl methyl sites for hydroxylation is 1. The molecule has 0 saturated carbocycles. The number of carbonyl (C=O) groups excluding carboxylic acids is 1. The summed E-state index contributed by atoms with van der Waals surface area (Å²) >= 11 is 0. The maximum atomic E-state index is 12.4. The molecular weight excluding hydrogens is 352 g/mol. The van der Waals surface area contributed by atoms with Gasteiger partial charge in [-0.25, -0.2) is 0 Å². The van der Waals surface area contributed by atoms with Gasteiger partial charge in [-0.15, -0.1) is 10.2 Å². The Morgan fingerprint density at radius 1 is 0.964 bits per heavy atom. The van der Waals surface area contributed by atoms with Crippen molar-refractivity contribution >= 4 is 17.4 Å². The van der Waals surface area contributed by atoms with Crippen LogP contribution in [0, 0.1) is 6.92 Å². The predicted molar refractivity (Wildman–Crippen MR) is 110 cm³/mol. The molecule has 0 atom stereocenters. The van der Waals surface area contributed by atoms with Crippen molar-refractivity contribution < 1.29 is 9.53 Å². The summed E-state index contributed by atoms with van der Waals surface area (Å²) in [4.78, 5) is 14.6. The number of aromatic nitrogens is 2. The normalized spacial score (nSPS) is 14.0. The third kappa shape index (κ3) is 4.02.